The standard InChI is InChI=1S/C27H20O3/c28-26-22(14-17-8-10-19(11-9-17)27(29)30)16-25-23(6-3-7-24(25)26)21-13-12-18-4-1-2-5-20(18)15-21/h1-13,15,22H,14,16H2,(H,29,30). The molecule has 0 aromatic heterocycles. The number of carbonyl (C=O) groups excluding carboxylic acids is 1. The van der Waals surface area contributed by atoms with Crippen molar-refractivity contribution in [3.05, 3.63) is 107 Å². The molecule has 0 heterocycles. The van der Waals surface area contributed by atoms with Gasteiger partial charge in [-0.3, -0.25) is 4.79 Å². The predicted octanol–water partition coefficient (Wildman–Crippen LogP) is 5.80. The summed E-state index contributed by atoms with van der Waals surface area (Å²) < 4.78 is 0. The Morgan fingerprint density at radius 3 is 2.33 bits per heavy atom. The minimum absolute atomic E-state index is 0.114. The maximum Gasteiger partial charge on any atom is 0.335 e. The van der Waals surface area contributed by atoms with Crippen LogP contribution in [0.15, 0.2) is 84.9 Å². The van der Waals surface area contributed by atoms with Crippen molar-refractivity contribution in [2.75, 3.05) is 0 Å². The summed E-state index contributed by atoms with van der Waals surface area (Å²) in [5.41, 5.74) is 5.43. The van der Waals surface area contributed by atoms with Gasteiger partial charge in [0, 0.05) is 11.5 Å². The maximum absolute atomic E-state index is 13.1. The Kier molecular flexibility index (Phi) is 4.44. The Labute approximate surface area is 174 Å². The average Bonchev–Trinajstić information content (AvgIpc) is 3.09. The molecular formula is C27H20O3. The Morgan fingerprint density at radius 2 is 1.57 bits per heavy atom. The number of benzene rings is 4. The van der Waals surface area contributed by atoms with Crippen LogP contribution in [0.1, 0.15) is 31.8 Å². The molecule has 1 N–H and O–H groups in total. The van der Waals surface area contributed by atoms with Gasteiger partial charge in [0.05, 0.1) is 5.56 Å². The first-order valence-corrected chi connectivity index (χ1v) is 10.1. The number of hydrogen-bond acceptors (Lipinski definition) is 2. The summed E-state index contributed by atoms with van der Waals surface area (Å²) >= 11 is 0. The number of rotatable bonds is 4. The SMILES string of the molecule is O=C(O)c1ccc(CC2Cc3c(cccc3-c3ccc4ccccc4c3)C2=O)cc1. The Morgan fingerprint density at radius 1 is 0.833 bits per heavy atom. The molecule has 3 nitrogen and oxygen atoms in total. The zero-order chi connectivity index (χ0) is 20.7. The lowest BCUT2D eigenvalue weighted by atomic mass is 9.93. The van der Waals surface area contributed by atoms with Crippen LogP contribution in [0.5, 0.6) is 0 Å². The fraction of sp³-hybridized carbons (Fsp3) is 0.111. The van der Waals surface area contributed by atoms with E-state index < -0.39 is 5.97 Å². The largest absolute Gasteiger partial charge is 0.478 e. The van der Waals surface area contributed by atoms with Crippen LogP contribution in [0, 0.1) is 5.92 Å². The number of fused-ring (bicyclic) bond motifs is 2. The number of aromatic carboxylic acids is 1. The molecule has 146 valence electrons. The Hall–Kier alpha value is -3.72. The highest BCUT2D eigenvalue weighted by molar-refractivity contribution is 6.04. The van der Waals surface area contributed by atoms with E-state index in [0.29, 0.717) is 12.8 Å². The van der Waals surface area contributed by atoms with Gasteiger partial charge in [0.15, 0.2) is 5.78 Å². The molecular weight excluding hydrogens is 372 g/mol. The molecule has 0 spiro atoms. The highest BCUT2D eigenvalue weighted by Crippen LogP contribution is 2.37. The molecule has 0 aliphatic heterocycles. The van der Waals surface area contributed by atoms with Crippen LogP contribution in [-0.4, -0.2) is 16.9 Å². The summed E-state index contributed by atoms with van der Waals surface area (Å²) in [4.78, 5) is 24.1. The highest BCUT2D eigenvalue weighted by Gasteiger charge is 2.32. The third-order valence-electron chi connectivity index (χ3n) is 6.01. The summed E-state index contributed by atoms with van der Waals surface area (Å²) in [6.45, 7) is 0. The highest BCUT2D eigenvalue weighted by atomic mass is 16.4. The molecule has 0 saturated heterocycles. The van der Waals surface area contributed by atoms with Crippen molar-refractivity contribution in [2.45, 2.75) is 12.8 Å². The van der Waals surface area contributed by atoms with Crippen molar-refractivity contribution in [3.63, 3.8) is 0 Å². The summed E-state index contributed by atoms with van der Waals surface area (Å²) in [7, 11) is 0. The molecule has 4 aromatic carbocycles. The molecule has 1 aliphatic carbocycles. The monoisotopic (exact) mass is 392 g/mol. The van der Waals surface area contributed by atoms with Crippen molar-refractivity contribution >= 4 is 22.5 Å². The smallest absolute Gasteiger partial charge is 0.335 e. The molecule has 0 bridgehead atoms. The predicted molar refractivity (Wildman–Crippen MR) is 118 cm³/mol. The molecule has 4 aromatic rings. The van der Waals surface area contributed by atoms with E-state index in [4.69, 9.17) is 5.11 Å². The van der Waals surface area contributed by atoms with E-state index in [0.717, 1.165) is 27.8 Å². The van der Waals surface area contributed by atoms with Gasteiger partial charge in [0.25, 0.3) is 0 Å². The quantitative estimate of drug-likeness (QED) is 0.477. The van der Waals surface area contributed by atoms with Crippen molar-refractivity contribution in [3.8, 4) is 11.1 Å². The van der Waals surface area contributed by atoms with Gasteiger partial charge in [-0.1, -0.05) is 66.7 Å². The molecule has 1 unspecified atom stereocenters. The number of carboxylic acid groups (broad SMARTS) is 1. The molecule has 1 aliphatic rings. The fourth-order valence-corrected chi connectivity index (χ4v) is 4.46. The summed E-state index contributed by atoms with van der Waals surface area (Å²) in [6, 6.07) is 27.5. The van der Waals surface area contributed by atoms with Crippen molar-refractivity contribution in [2.24, 2.45) is 5.92 Å². The van der Waals surface area contributed by atoms with Gasteiger partial charge in [-0.15, -0.1) is 0 Å². The second-order valence-corrected chi connectivity index (χ2v) is 7.87. The lowest BCUT2D eigenvalue weighted by Crippen LogP contribution is -2.12. The van der Waals surface area contributed by atoms with Gasteiger partial charge in [-0.2, -0.15) is 0 Å². The van der Waals surface area contributed by atoms with Crippen LogP contribution in [0.2, 0.25) is 0 Å². The minimum atomic E-state index is -0.939. The number of carboxylic acids is 1. The average molecular weight is 392 g/mol. The van der Waals surface area contributed by atoms with E-state index in [2.05, 4.69) is 36.4 Å². The van der Waals surface area contributed by atoms with Gasteiger partial charge in [-0.25, -0.2) is 4.79 Å². The van der Waals surface area contributed by atoms with Crippen LogP contribution in [0.25, 0.3) is 21.9 Å². The number of ketones is 1. The Balaban J connectivity index is 1.46. The summed E-state index contributed by atoms with van der Waals surface area (Å²) in [5, 5.41) is 11.5. The van der Waals surface area contributed by atoms with Crippen LogP contribution < -0.4 is 0 Å². The third kappa shape index (κ3) is 3.18. The number of hydrogen-bond donors (Lipinski definition) is 1. The van der Waals surface area contributed by atoms with Gasteiger partial charge >= 0.3 is 5.97 Å². The normalized spacial score (nSPS) is 15.3. The van der Waals surface area contributed by atoms with Gasteiger partial charge in [-0.05, 0) is 64.1 Å². The van der Waals surface area contributed by atoms with E-state index in [1.165, 1.54) is 10.8 Å². The first-order chi connectivity index (χ1) is 14.6. The summed E-state index contributed by atoms with van der Waals surface area (Å²) in [5.74, 6) is -0.877. The molecule has 0 radical (unpaired) electrons. The van der Waals surface area contributed by atoms with Crippen molar-refractivity contribution < 1.29 is 14.7 Å². The zero-order valence-corrected chi connectivity index (χ0v) is 16.3. The molecule has 30 heavy (non-hydrogen) atoms. The van der Waals surface area contributed by atoms with Gasteiger partial charge in [0.1, 0.15) is 0 Å². The van der Waals surface area contributed by atoms with Crippen LogP contribution in [-0.2, 0) is 12.8 Å². The van der Waals surface area contributed by atoms with Gasteiger partial charge < -0.3 is 5.11 Å². The fourth-order valence-electron chi connectivity index (χ4n) is 4.46. The third-order valence-corrected chi connectivity index (χ3v) is 6.01. The van der Waals surface area contributed by atoms with Crippen LogP contribution in [0.3, 0.4) is 0 Å². The molecule has 1 atom stereocenters. The van der Waals surface area contributed by atoms with Crippen molar-refractivity contribution in [1.82, 2.24) is 0 Å². The topological polar surface area (TPSA) is 54.4 Å². The summed E-state index contributed by atoms with van der Waals surface area (Å²) in [6.07, 6.45) is 1.32. The molecule has 3 heteroatoms. The molecule has 5 rings (SSSR count). The van der Waals surface area contributed by atoms with Gasteiger partial charge in [0.2, 0.25) is 0 Å². The van der Waals surface area contributed by atoms with E-state index in [1.54, 1.807) is 12.1 Å². The molecule has 0 amide bonds. The van der Waals surface area contributed by atoms with Crippen LogP contribution >= 0.6 is 0 Å². The van der Waals surface area contributed by atoms with E-state index in [-0.39, 0.29) is 17.3 Å². The second-order valence-electron chi connectivity index (χ2n) is 7.87. The second kappa shape index (κ2) is 7.27. The number of Topliss-reactive ketones (excluding diaryl/α,β-unsaturated/α-hetero) is 1. The minimum Gasteiger partial charge on any atom is -0.478 e. The van der Waals surface area contributed by atoms with Crippen molar-refractivity contribution in [1.29, 1.82) is 0 Å². The Bertz CT molecular complexity index is 1290. The number of carbonyl (C=O) groups is 2. The maximum atomic E-state index is 13.1. The lowest BCUT2D eigenvalue weighted by Gasteiger charge is -2.10. The zero-order valence-electron chi connectivity index (χ0n) is 16.3. The van der Waals surface area contributed by atoms with E-state index in [9.17, 15) is 9.59 Å². The first-order valence-electron chi connectivity index (χ1n) is 10.1. The first kappa shape index (κ1) is 18.3. The lowest BCUT2D eigenvalue weighted by molar-refractivity contribution is 0.0696. The van der Waals surface area contributed by atoms with E-state index >= 15 is 0 Å². The molecule has 0 saturated carbocycles. The van der Waals surface area contributed by atoms with Crippen LogP contribution in [0.4, 0.5) is 0 Å². The molecule has 0 fully saturated rings. The van der Waals surface area contributed by atoms with E-state index in [1.807, 2.05) is 36.4 Å².